The Balaban J connectivity index is 2.11. The lowest BCUT2D eigenvalue weighted by atomic mass is 9.87. The molecule has 2 rings (SSSR count). The highest BCUT2D eigenvalue weighted by Gasteiger charge is 2.50. The molecule has 14 heavy (non-hydrogen) atoms. The maximum Gasteiger partial charge on any atom is 0.309 e. The van der Waals surface area contributed by atoms with E-state index in [0.717, 1.165) is 18.4 Å². The monoisotopic (exact) mass is 196 g/mol. The minimum atomic E-state index is -0.386. The zero-order valence-corrected chi connectivity index (χ0v) is 8.71. The van der Waals surface area contributed by atoms with Crippen molar-refractivity contribution in [2.45, 2.75) is 50.9 Å². The van der Waals surface area contributed by atoms with Gasteiger partial charge in [-0.3, -0.25) is 4.79 Å². The fourth-order valence-corrected chi connectivity index (χ4v) is 2.19. The predicted molar refractivity (Wildman–Crippen MR) is 51.8 cm³/mol. The van der Waals surface area contributed by atoms with E-state index in [9.17, 15) is 4.79 Å². The van der Waals surface area contributed by atoms with Gasteiger partial charge in [-0.2, -0.15) is 0 Å². The van der Waals surface area contributed by atoms with Crippen LogP contribution >= 0.6 is 0 Å². The molecule has 78 valence electrons. The van der Waals surface area contributed by atoms with Crippen LogP contribution in [-0.4, -0.2) is 23.8 Å². The highest BCUT2D eigenvalue weighted by molar-refractivity contribution is 5.73. The minimum absolute atomic E-state index is 0.0783. The van der Waals surface area contributed by atoms with Crippen LogP contribution in [0.25, 0.3) is 0 Å². The van der Waals surface area contributed by atoms with Crippen molar-refractivity contribution in [3.63, 3.8) is 0 Å². The van der Waals surface area contributed by atoms with Gasteiger partial charge in [0.1, 0.15) is 11.7 Å². The van der Waals surface area contributed by atoms with Crippen LogP contribution in [0.5, 0.6) is 0 Å². The molecule has 0 amide bonds. The highest BCUT2D eigenvalue weighted by Crippen LogP contribution is 2.40. The van der Waals surface area contributed by atoms with Gasteiger partial charge in [0.05, 0.1) is 12.5 Å². The lowest BCUT2D eigenvalue weighted by Gasteiger charge is -2.38. The largest absolute Gasteiger partial charge is 0.456 e. The third-order valence-electron chi connectivity index (χ3n) is 3.16. The summed E-state index contributed by atoms with van der Waals surface area (Å²) in [5, 5.41) is 0. The Morgan fingerprint density at radius 2 is 2.36 bits per heavy atom. The average Bonchev–Trinajstić information content (AvgIpc) is 2.37. The summed E-state index contributed by atoms with van der Waals surface area (Å²) in [6, 6.07) is 0. The Morgan fingerprint density at radius 1 is 1.64 bits per heavy atom. The number of hydrogen-bond acceptors (Lipinski definition) is 3. The van der Waals surface area contributed by atoms with Crippen molar-refractivity contribution in [2.24, 2.45) is 0 Å². The van der Waals surface area contributed by atoms with Crippen molar-refractivity contribution in [3.05, 3.63) is 12.2 Å². The summed E-state index contributed by atoms with van der Waals surface area (Å²) in [6.07, 6.45) is 2.18. The van der Waals surface area contributed by atoms with E-state index in [0.29, 0.717) is 6.42 Å². The summed E-state index contributed by atoms with van der Waals surface area (Å²) in [5.74, 6) is -0.139. The van der Waals surface area contributed by atoms with Gasteiger partial charge in [-0.05, 0) is 26.7 Å². The van der Waals surface area contributed by atoms with Crippen LogP contribution < -0.4 is 0 Å². The number of hydrogen-bond donors (Lipinski definition) is 0. The van der Waals surface area contributed by atoms with Crippen LogP contribution in [0.2, 0.25) is 0 Å². The maximum absolute atomic E-state index is 11.2. The Morgan fingerprint density at radius 3 is 3.00 bits per heavy atom. The first-order chi connectivity index (χ1) is 6.51. The molecular formula is C11H16O3. The van der Waals surface area contributed by atoms with E-state index in [1.165, 1.54) is 0 Å². The molecule has 2 aliphatic heterocycles. The summed E-state index contributed by atoms with van der Waals surface area (Å²) in [4.78, 5) is 11.2. The first-order valence-corrected chi connectivity index (χ1v) is 5.04. The van der Waals surface area contributed by atoms with E-state index in [2.05, 4.69) is 6.58 Å². The first kappa shape index (κ1) is 9.71. The molecule has 3 nitrogen and oxygen atoms in total. The summed E-state index contributed by atoms with van der Waals surface area (Å²) in [7, 11) is 0. The van der Waals surface area contributed by atoms with E-state index in [4.69, 9.17) is 9.47 Å². The third kappa shape index (κ3) is 1.46. The smallest absolute Gasteiger partial charge is 0.309 e. The van der Waals surface area contributed by atoms with Gasteiger partial charge in [-0.15, -0.1) is 0 Å². The van der Waals surface area contributed by atoms with E-state index < -0.39 is 0 Å². The molecule has 0 spiro atoms. The van der Waals surface area contributed by atoms with E-state index in [-0.39, 0.29) is 23.8 Å². The molecule has 0 bridgehead atoms. The Bertz CT molecular complexity index is 284. The molecule has 0 N–H and O–H groups in total. The number of esters is 1. The molecule has 3 heteroatoms. The molecule has 0 aromatic rings. The summed E-state index contributed by atoms with van der Waals surface area (Å²) < 4.78 is 11.1. The highest BCUT2D eigenvalue weighted by atomic mass is 16.6. The summed E-state index contributed by atoms with van der Waals surface area (Å²) >= 11 is 0. The van der Waals surface area contributed by atoms with Crippen LogP contribution in [-0.2, 0) is 14.3 Å². The molecule has 0 aromatic carbocycles. The standard InChI is InChI=1S/C11H16O3/c1-7(2)8-4-5-11(3)9(13-8)6-10(12)14-11/h8-9H,1,4-6H2,2-3H3/t8-,9-,11-/m1/s1. The normalized spacial score (nSPS) is 41.7. The van der Waals surface area contributed by atoms with Gasteiger partial charge in [0.25, 0.3) is 0 Å². The van der Waals surface area contributed by atoms with Crippen molar-refractivity contribution < 1.29 is 14.3 Å². The van der Waals surface area contributed by atoms with Crippen molar-refractivity contribution in [1.29, 1.82) is 0 Å². The molecular weight excluding hydrogens is 180 g/mol. The zero-order chi connectivity index (χ0) is 10.3. The number of fused-ring (bicyclic) bond motifs is 1. The topological polar surface area (TPSA) is 35.5 Å². The van der Waals surface area contributed by atoms with Gasteiger partial charge in [0, 0.05) is 0 Å². The Hall–Kier alpha value is -0.830. The molecule has 2 heterocycles. The lowest BCUT2D eigenvalue weighted by Crippen LogP contribution is -2.45. The van der Waals surface area contributed by atoms with Crippen molar-refractivity contribution >= 4 is 5.97 Å². The second kappa shape index (κ2) is 3.09. The van der Waals surface area contributed by atoms with Gasteiger partial charge in [0.2, 0.25) is 0 Å². The average molecular weight is 196 g/mol. The Labute approximate surface area is 84.1 Å². The van der Waals surface area contributed by atoms with Crippen LogP contribution in [0.3, 0.4) is 0 Å². The fraction of sp³-hybridized carbons (Fsp3) is 0.727. The number of carbonyl (C=O) groups excluding carboxylic acids is 1. The molecule has 3 atom stereocenters. The first-order valence-electron chi connectivity index (χ1n) is 5.04. The van der Waals surface area contributed by atoms with Crippen molar-refractivity contribution in [3.8, 4) is 0 Å². The predicted octanol–water partition coefficient (Wildman–Crippen LogP) is 1.82. The molecule has 0 unspecified atom stereocenters. The number of ether oxygens (including phenoxy) is 2. The van der Waals surface area contributed by atoms with Gasteiger partial charge >= 0.3 is 5.97 Å². The van der Waals surface area contributed by atoms with E-state index in [1.54, 1.807) is 0 Å². The van der Waals surface area contributed by atoms with Gasteiger partial charge in [0.15, 0.2) is 0 Å². The van der Waals surface area contributed by atoms with Crippen molar-refractivity contribution in [2.75, 3.05) is 0 Å². The maximum atomic E-state index is 11.2. The lowest BCUT2D eigenvalue weighted by molar-refractivity contribution is -0.161. The zero-order valence-electron chi connectivity index (χ0n) is 8.71. The van der Waals surface area contributed by atoms with E-state index in [1.807, 2.05) is 13.8 Å². The molecule has 2 saturated heterocycles. The quantitative estimate of drug-likeness (QED) is 0.474. The molecule has 0 saturated carbocycles. The summed E-state index contributed by atoms with van der Waals surface area (Å²) in [6.45, 7) is 7.80. The summed E-state index contributed by atoms with van der Waals surface area (Å²) in [5.41, 5.74) is 0.648. The minimum Gasteiger partial charge on any atom is -0.456 e. The second-order valence-electron chi connectivity index (χ2n) is 4.49. The molecule has 0 aromatic heterocycles. The third-order valence-corrected chi connectivity index (χ3v) is 3.16. The fourth-order valence-electron chi connectivity index (χ4n) is 2.19. The molecule has 2 fully saturated rings. The van der Waals surface area contributed by atoms with Gasteiger partial charge in [-0.25, -0.2) is 0 Å². The SMILES string of the molecule is C=C(C)[C@H]1CC[C@@]2(C)OC(=O)C[C@H]2O1. The number of carbonyl (C=O) groups is 1. The van der Waals surface area contributed by atoms with Gasteiger partial charge in [-0.1, -0.05) is 12.2 Å². The van der Waals surface area contributed by atoms with Crippen LogP contribution in [0.1, 0.15) is 33.1 Å². The number of rotatable bonds is 1. The van der Waals surface area contributed by atoms with Gasteiger partial charge < -0.3 is 9.47 Å². The van der Waals surface area contributed by atoms with Crippen LogP contribution in [0.4, 0.5) is 0 Å². The van der Waals surface area contributed by atoms with Crippen LogP contribution in [0, 0.1) is 0 Å². The molecule has 0 radical (unpaired) electrons. The van der Waals surface area contributed by atoms with E-state index >= 15 is 0 Å². The Kier molecular flexibility index (Phi) is 2.14. The second-order valence-corrected chi connectivity index (χ2v) is 4.49. The molecule has 2 aliphatic rings. The molecule has 0 aliphatic carbocycles. The van der Waals surface area contributed by atoms with Crippen molar-refractivity contribution in [1.82, 2.24) is 0 Å². The van der Waals surface area contributed by atoms with Crippen LogP contribution in [0.15, 0.2) is 12.2 Å².